The lowest BCUT2D eigenvalue weighted by Gasteiger charge is -2.25. The van der Waals surface area contributed by atoms with E-state index in [0.717, 1.165) is 30.2 Å². The summed E-state index contributed by atoms with van der Waals surface area (Å²) >= 11 is 0. The van der Waals surface area contributed by atoms with Crippen molar-refractivity contribution in [2.75, 3.05) is 6.54 Å². The second-order valence-electron chi connectivity index (χ2n) is 5.37. The molecule has 1 aromatic heterocycles. The summed E-state index contributed by atoms with van der Waals surface area (Å²) in [5.41, 5.74) is 3.59. The summed E-state index contributed by atoms with van der Waals surface area (Å²) in [6, 6.07) is 10.6. The number of rotatable bonds is 4. The zero-order valence-electron chi connectivity index (χ0n) is 10.9. The third kappa shape index (κ3) is 2.39. The van der Waals surface area contributed by atoms with Crippen LogP contribution < -0.4 is 5.32 Å². The maximum absolute atomic E-state index is 4.58. The molecule has 3 rings (SSSR count). The number of fused-ring (bicyclic) bond motifs is 1. The molecule has 0 aliphatic heterocycles. The van der Waals surface area contributed by atoms with Gasteiger partial charge in [0, 0.05) is 17.6 Å². The average molecular weight is 240 g/mol. The van der Waals surface area contributed by atoms with Crippen molar-refractivity contribution in [2.45, 2.75) is 32.7 Å². The molecule has 1 saturated carbocycles. The zero-order chi connectivity index (χ0) is 12.4. The predicted molar refractivity (Wildman–Crippen MR) is 75.5 cm³/mol. The highest BCUT2D eigenvalue weighted by atomic mass is 14.9. The maximum Gasteiger partial charge on any atom is 0.0708 e. The second kappa shape index (κ2) is 5.07. The Morgan fingerprint density at radius 2 is 2.11 bits per heavy atom. The van der Waals surface area contributed by atoms with Gasteiger partial charge < -0.3 is 5.32 Å². The molecule has 1 aromatic carbocycles. The zero-order valence-corrected chi connectivity index (χ0v) is 10.9. The van der Waals surface area contributed by atoms with Gasteiger partial charge in [-0.25, -0.2) is 0 Å². The largest absolute Gasteiger partial charge is 0.312 e. The molecule has 2 nitrogen and oxygen atoms in total. The third-order valence-corrected chi connectivity index (χ3v) is 3.90. The van der Waals surface area contributed by atoms with E-state index in [2.05, 4.69) is 47.6 Å². The van der Waals surface area contributed by atoms with Gasteiger partial charge in [0.25, 0.3) is 0 Å². The van der Waals surface area contributed by atoms with Crippen LogP contribution in [0, 0.1) is 12.8 Å². The Balaban J connectivity index is 1.77. The molecule has 0 unspecified atom stereocenters. The van der Waals surface area contributed by atoms with Crippen LogP contribution in [-0.4, -0.2) is 11.5 Å². The SMILES string of the molecule is Cc1cc(CNCC2CCC2)c2ccccc2n1. The van der Waals surface area contributed by atoms with E-state index in [9.17, 15) is 0 Å². The number of para-hydroxylation sites is 1. The van der Waals surface area contributed by atoms with E-state index in [4.69, 9.17) is 0 Å². The minimum absolute atomic E-state index is 0.916. The van der Waals surface area contributed by atoms with E-state index in [0.29, 0.717) is 0 Å². The molecule has 1 N–H and O–H groups in total. The topological polar surface area (TPSA) is 24.9 Å². The van der Waals surface area contributed by atoms with Crippen molar-refractivity contribution >= 4 is 10.9 Å². The summed E-state index contributed by atoms with van der Waals surface area (Å²) in [7, 11) is 0. The molecule has 2 heteroatoms. The van der Waals surface area contributed by atoms with Crippen molar-refractivity contribution in [3.63, 3.8) is 0 Å². The highest BCUT2D eigenvalue weighted by molar-refractivity contribution is 5.82. The Bertz CT molecular complexity index is 544. The number of aromatic nitrogens is 1. The smallest absolute Gasteiger partial charge is 0.0708 e. The standard InChI is InChI=1S/C16H20N2/c1-12-9-14(11-17-10-13-5-4-6-13)15-7-2-3-8-16(15)18-12/h2-3,7-9,13,17H,4-6,10-11H2,1H3. The molecule has 1 fully saturated rings. The average Bonchev–Trinajstić information content (AvgIpc) is 2.32. The van der Waals surface area contributed by atoms with Gasteiger partial charge in [-0.3, -0.25) is 4.98 Å². The van der Waals surface area contributed by atoms with Crippen LogP contribution in [0.1, 0.15) is 30.5 Å². The van der Waals surface area contributed by atoms with Crippen molar-refractivity contribution in [2.24, 2.45) is 5.92 Å². The number of hydrogen-bond donors (Lipinski definition) is 1. The first kappa shape index (κ1) is 11.7. The molecule has 0 amide bonds. The Labute approximate surface area is 108 Å². The number of nitrogens with zero attached hydrogens (tertiary/aromatic N) is 1. The number of nitrogens with one attached hydrogen (secondary N) is 1. The van der Waals surface area contributed by atoms with Crippen molar-refractivity contribution in [3.05, 3.63) is 41.6 Å². The van der Waals surface area contributed by atoms with E-state index in [1.165, 1.54) is 30.2 Å². The van der Waals surface area contributed by atoms with Crippen molar-refractivity contribution in [3.8, 4) is 0 Å². The monoisotopic (exact) mass is 240 g/mol. The van der Waals surface area contributed by atoms with Gasteiger partial charge in [-0.05, 0) is 49.9 Å². The van der Waals surface area contributed by atoms with Gasteiger partial charge in [0.15, 0.2) is 0 Å². The molecule has 2 aromatic rings. The molecular formula is C16H20N2. The summed E-state index contributed by atoms with van der Waals surface area (Å²) in [6.07, 6.45) is 4.23. The van der Waals surface area contributed by atoms with Crippen LogP contribution in [0.5, 0.6) is 0 Å². The number of benzene rings is 1. The molecule has 0 spiro atoms. The summed E-state index contributed by atoms with van der Waals surface area (Å²) in [5, 5.41) is 4.88. The van der Waals surface area contributed by atoms with Crippen LogP contribution >= 0.6 is 0 Å². The quantitative estimate of drug-likeness (QED) is 0.885. The Morgan fingerprint density at radius 1 is 1.28 bits per heavy atom. The third-order valence-electron chi connectivity index (χ3n) is 3.90. The normalized spacial score (nSPS) is 15.8. The number of pyridine rings is 1. The van der Waals surface area contributed by atoms with Gasteiger partial charge in [0.2, 0.25) is 0 Å². The van der Waals surface area contributed by atoms with Crippen molar-refractivity contribution in [1.29, 1.82) is 0 Å². The molecule has 1 heterocycles. The van der Waals surface area contributed by atoms with Crippen LogP contribution in [0.3, 0.4) is 0 Å². The fraction of sp³-hybridized carbons (Fsp3) is 0.438. The summed E-state index contributed by atoms with van der Waals surface area (Å²) in [5.74, 6) is 0.916. The molecule has 0 saturated heterocycles. The fourth-order valence-electron chi connectivity index (χ4n) is 2.65. The molecule has 1 aliphatic carbocycles. The van der Waals surface area contributed by atoms with Gasteiger partial charge in [-0.2, -0.15) is 0 Å². The molecule has 0 bridgehead atoms. The summed E-state index contributed by atoms with van der Waals surface area (Å²) in [4.78, 5) is 4.58. The Morgan fingerprint density at radius 3 is 2.89 bits per heavy atom. The highest BCUT2D eigenvalue weighted by Crippen LogP contribution is 2.25. The van der Waals surface area contributed by atoms with E-state index < -0.39 is 0 Å². The Kier molecular flexibility index (Phi) is 3.28. The molecule has 94 valence electrons. The molecule has 0 atom stereocenters. The van der Waals surface area contributed by atoms with E-state index in [1.807, 2.05) is 0 Å². The maximum atomic E-state index is 4.58. The first-order valence-corrected chi connectivity index (χ1v) is 6.89. The van der Waals surface area contributed by atoms with Gasteiger partial charge >= 0.3 is 0 Å². The van der Waals surface area contributed by atoms with E-state index >= 15 is 0 Å². The van der Waals surface area contributed by atoms with Crippen molar-refractivity contribution in [1.82, 2.24) is 10.3 Å². The van der Waals surface area contributed by atoms with Crippen LogP contribution in [0.2, 0.25) is 0 Å². The van der Waals surface area contributed by atoms with Gasteiger partial charge in [-0.1, -0.05) is 24.6 Å². The lowest BCUT2D eigenvalue weighted by molar-refractivity contribution is 0.301. The van der Waals surface area contributed by atoms with E-state index in [-0.39, 0.29) is 0 Å². The number of aryl methyl sites for hydroxylation is 1. The summed E-state index contributed by atoms with van der Waals surface area (Å²) < 4.78 is 0. The van der Waals surface area contributed by atoms with Gasteiger partial charge in [0.05, 0.1) is 5.52 Å². The lowest BCUT2D eigenvalue weighted by Crippen LogP contribution is -2.27. The predicted octanol–water partition coefficient (Wildman–Crippen LogP) is 3.43. The number of hydrogen-bond acceptors (Lipinski definition) is 2. The minimum atomic E-state index is 0.916. The first-order chi connectivity index (χ1) is 8.83. The molecule has 18 heavy (non-hydrogen) atoms. The Hall–Kier alpha value is -1.41. The fourth-order valence-corrected chi connectivity index (χ4v) is 2.65. The van der Waals surface area contributed by atoms with Gasteiger partial charge in [-0.15, -0.1) is 0 Å². The highest BCUT2D eigenvalue weighted by Gasteiger charge is 2.16. The molecular weight excluding hydrogens is 220 g/mol. The van der Waals surface area contributed by atoms with Crippen LogP contribution in [-0.2, 0) is 6.54 Å². The second-order valence-corrected chi connectivity index (χ2v) is 5.37. The van der Waals surface area contributed by atoms with Gasteiger partial charge in [0.1, 0.15) is 0 Å². The van der Waals surface area contributed by atoms with Crippen molar-refractivity contribution < 1.29 is 0 Å². The van der Waals surface area contributed by atoms with Crippen LogP contribution in [0.25, 0.3) is 10.9 Å². The first-order valence-electron chi connectivity index (χ1n) is 6.89. The minimum Gasteiger partial charge on any atom is -0.312 e. The summed E-state index contributed by atoms with van der Waals surface area (Å²) in [6.45, 7) is 4.19. The van der Waals surface area contributed by atoms with E-state index in [1.54, 1.807) is 0 Å². The molecule has 0 radical (unpaired) electrons. The molecule has 1 aliphatic rings. The van der Waals surface area contributed by atoms with Crippen LogP contribution in [0.15, 0.2) is 30.3 Å². The lowest BCUT2D eigenvalue weighted by atomic mass is 9.85. The van der Waals surface area contributed by atoms with Crippen LogP contribution in [0.4, 0.5) is 0 Å².